The molecule has 1 fully saturated rings. The van der Waals surface area contributed by atoms with E-state index in [9.17, 15) is 9.18 Å². The molecule has 1 saturated carbocycles. The van der Waals surface area contributed by atoms with Gasteiger partial charge in [-0.05, 0) is 49.2 Å². The van der Waals surface area contributed by atoms with E-state index in [0.29, 0.717) is 11.2 Å². The van der Waals surface area contributed by atoms with Gasteiger partial charge < -0.3 is 10.3 Å². The fourth-order valence-electron chi connectivity index (χ4n) is 3.59. The average Bonchev–Trinajstić information content (AvgIpc) is 2.93. The summed E-state index contributed by atoms with van der Waals surface area (Å²) in [5, 5.41) is 4.27. The van der Waals surface area contributed by atoms with Crippen LogP contribution >= 0.6 is 0 Å². The van der Waals surface area contributed by atoms with Gasteiger partial charge in [0.2, 0.25) is 0 Å². The van der Waals surface area contributed by atoms with Gasteiger partial charge >= 0.3 is 5.69 Å². The molecule has 130 valence electrons. The molecule has 4 aromatic rings. The van der Waals surface area contributed by atoms with Crippen LogP contribution in [0.1, 0.15) is 18.9 Å². The van der Waals surface area contributed by atoms with E-state index in [2.05, 4.69) is 20.3 Å². The summed E-state index contributed by atoms with van der Waals surface area (Å²) in [4.78, 5) is 23.9. The summed E-state index contributed by atoms with van der Waals surface area (Å²) in [6.07, 6.45) is 3.32. The number of imidazole rings is 1. The number of rotatable bonds is 3. The van der Waals surface area contributed by atoms with E-state index in [1.807, 2.05) is 24.3 Å². The normalized spacial score (nSPS) is 19.6. The van der Waals surface area contributed by atoms with Crippen LogP contribution in [0.5, 0.6) is 0 Å². The Balaban J connectivity index is 1.34. The number of pyridine rings is 2. The van der Waals surface area contributed by atoms with Crippen LogP contribution in [0.25, 0.3) is 22.1 Å². The van der Waals surface area contributed by atoms with Gasteiger partial charge in [0, 0.05) is 29.7 Å². The molecule has 3 heterocycles. The number of halogens is 1. The Hall–Kier alpha value is -3.22. The number of nitrogens with one attached hydrogen (secondary N) is 2. The van der Waals surface area contributed by atoms with Crippen molar-refractivity contribution in [3.8, 4) is 0 Å². The topological polar surface area (TPSA) is 75.6 Å². The molecule has 0 atom stereocenters. The van der Waals surface area contributed by atoms with Crippen LogP contribution in [0.15, 0.2) is 53.5 Å². The fourth-order valence-corrected chi connectivity index (χ4v) is 3.59. The number of benzene rings is 1. The van der Waals surface area contributed by atoms with Crippen LogP contribution in [0, 0.1) is 5.82 Å². The molecule has 5 rings (SSSR count). The molecule has 0 bridgehead atoms. The van der Waals surface area contributed by atoms with Crippen LogP contribution in [0.2, 0.25) is 0 Å². The quantitative estimate of drug-likeness (QED) is 0.595. The standard InChI is InChI=1S/C19H16FN5O/c20-12-5-3-11-4-6-17(23-16(11)8-12)22-13-9-14(10-13)25-18-15(24-19(25)26)2-1-7-21-18/h1-8,13-14H,9-10H2,(H,22,23)(H,24,26). The molecule has 26 heavy (non-hydrogen) atoms. The van der Waals surface area contributed by atoms with Crippen molar-refractivity contribution in [3.05, 3.63) is 65.0 Å². The van der Waals surface area contributed by atoms with Crippen molar-refractivity contribution in [2.75, 3.05) is 5.32 Å². The summed E-state index contributed by atoms with van der Waals surface area (Å²) in [6.45, 7) is 0. The van der Waals surface area contributed by atoms with Crippen molar-refractivity contribution in [1.29, 1.82) is 0 Å². The second-order valence-corrected chi connectivity index (χ2v) is 6.67. The highest BCUT2D eigenvalue weighted by Crippen LogP contribution is 2.34. The summed E-state index contributed by atoms with van der Waals surface area (Å²) in [7, 11) is 0. The van der Waals surface area contributed by atoms with Crippen molar-refractivity contribution in [2.45, 2.75) is 24.9 Å². The number of hydrogen-bond donors (Lipinski definition) is 2. The summed E-state index contributed by atoms with van der Waals surface area (Å²) >= 11 is 0. The second-order valence-electron chi connectivity index (χ2n) is 6.67. The summed E-state index contributed by atoms with van der Waals surface area (Å²) in [6, 6.07) is 12.4. The molecule has 1 aliphatic rings. The molecule has 0 amide bonds. The minimum atomic E-state index is -0.294. The minimum absolute atomic E-state index is 0.113. The molecule has 3 aromatic heterocycles. The van der Waals surface area contributed by atoms with Gasteiger partial charge in [-0.3, -0.25) is 4.57 Å². The Bertz CT molecular complexity index is 1180. The number of H-pyrrole nitrogens is 1. The summed E-state index contributed by atoms with van der Waals surface area (Å²) < 4.78 is 15.1. The molecule has 7 heteroatoms. The predicted molar refractivity (Wildman–Crippen MR) is 97.7 cm³/mol. The lowest BCUT2D eigenvalue weighted by atomic mass is 9.86. The first-order valence-electron chi connectivity index (χ1n) is 8.55. The van der Waals surface area contributed by atoms with E-state index < -0.39 is 0 Å². The number of hydrogen-bond acceptors (Lipinski definition) is 4. The molecule has 0 aliphatic heterocycles. The second kappa shape index (κ2) is 5.66. The lowest BCUT2D eigenvalue weighted by Gasteiger charge is -2.36. The maximum absolute atomic E-state index is 13.4. The van der Waals surface area contributed by atoms with Gasteiger partial charge in [0.25, 0.3) is 0 Å². The zero-order chi connectivity index (χ0) is 17.7. The van der Waals surface area contributed by atoms with Crippen LogP contribution in [-0.4, -0.2) is 25.6 Å². The van der Waals surface area contributed by atoms with Gasteiger partial charge in [-0.15, -0.1) is 0 Å². The average molecular weight is 349 g/mol. The molecular formula is C19H16FN5O. The molecule has 0 radical (unpaired) electrons. The zero-order valence-electron chi connectivity index (χ0n) is 13.8. The first-order chi connectivity index (χ1) is 12.7. The molecule has 0 saturated heterocycles. The highest BCUT2D eigenvalue weighted by Gasteiger charge is 2.33. The third-order valence-electron chi connectivity index (χ3n) is 4.96. The molecule has 2 N–H and O–H groups in total. The van der Waals surface area contributed by atoms with Crippen molar-refractivity contribution in [3.63, 3.8) is 0 Å². The monoisotopic (exact) mass is 349 g/mol. The van der Waals surface area contributed by atoms with Crippen molar-refractivity contribution < 1.29 is 4.39 Å². The Morgan fingerprint density at radius 2 is 2.04 bits per heavy atom. The maximum atomic E-state index is 13.4. The third-order valence-corrected chi connectivity index (χ3v) is 4.96. The van der Waals surface area contributed by atoms with Crippen molar-refractivity contribution >= 4 is 27.9 Å². The third kappa shape index (κ3) is 2.44. The maximum Gasteiger partial charge on any atom is 0.327 e. The molecule has 6 nitrogen and oxygen atoms in total. The number of anilines is 1. The van der Waals surface area contributed by atoms with Gasteiger partial charge in [0.1, 0.15) is 11.6 Å². The molecule has 1 aliphatic carbocycles. The predicted octanol–water partition coefficient (Wildman–Crippen LogP) is 3.23. The fraction of sp³-hybridized carbons (Fsp3) is 0.211. The van der Waals surface area contributed by atoms with Crippen LogP contribution in [0.4, 0.5) is 10.2 Å². The number of nitrogens with zero attached hydrogens (tertiary/aromatic N) is 3. The van der Waals surface area contributed by atoms with Crippen LogP contribution in [0.3, 0.4) is 0 Å². The highest BCUT2D eigenvalue weighted by molar-refractivity contribution is 5.80. The smallest absolute Gasteiger partial charge is 0.327 e. The van der Waals surface area contributed by atoms with Crippen LogP contribution < -0.4 is 11.0 Å². The van der Waals surface area contributed by atoms with E-state index in [1.165, 1.54) is 12.1 Å². The van der Waals surface area contributed by atoms with E-state index in [0.717, 1.165) is 29.6 Å². The Kier molecular flexibility index (Phi) is 3.28. The van der Waals surface area contributed by atoms with Gasteiger partial charge in [0.15, 0.2) is 5.65 Å². The van der Waals surface area contributed by atoms with Crippen molar-refractivity contribution in [1.82, 2.24) is 19.5 Å². The molecule has 1 aromatic carbocycles. The zero-order valence-corrected chi connectivity index (χ0v) is 13.8. The SMILES string of the molecule is O=c1[nH]c2cccnc2n1C1CC(Nc2ccc3ccc(F)cc3n2)C1. The number of fused-ring (bicyclic) bond motifs is 2. The van der Waals surface area contributed by atoms with E-state index in [4.69, 9.17) is 0 Å². The van der Waals surface area contributed by atoms with E-state index >= 15 is 0 Å². The van der Waals surface area contributed by atoms with Crippen LogP contribution in [-0.2, 0) is 0 Å². The molecular weight excluding hydrogens is 333 g/mol. The van der Waals surface area contributed by atoms with Gasteiger partial charge in [-0.1, -0.05) is 0 Å². The largest absolute Gasteiger partial charge is 0.367 e. The number of aromatic amines is 1. The van der Waals surface area contributed by atoms with Gasteiger partial charge in [-0.2, -0.15) is 0 Å². The molecule has 0 unspecified atom stereocenters. The van der Waals surface area contributed by atoms with Gasteiger partial charge in [0.05, 0.1) is 11.0 Å². The lowest BCUT2D eigenvalue weighted by Crippen LogP contribution is -2.40. The molecule has 0 spiro atoms. The highest BCUT2D eigenvalue weighted by atomic mass is 19.1. The Labute approximate surface area is 147 Å². The van der Waals surface area contributed by atoms with E-state index in [1.54, 1.807) is 16.8 Å². The van der Waals surface area contributed by atoms with Crippen molar-refractivity contribution in [2.24, 2.45) is 0 Å². The first kappa shape index (κ1) is 15.1. The summed E-state index contributed by atoms with van der Waals surface area (Å²) in [5.74, 6) is 0.424. The Morgan fingerprint density at radius 3 is 2.92 bits per heavy atom. The Morgan fingerprint density at radius 1 is 1.19 bits per heavy atom. The minimum Gasteiger partial charge on any atom is -0.367 e. The van der Waals surface area contributed by atoms with E-state index in [-0.39, 0.29) is 23.6 Å². The number of aromatic nitrogens is 4. The first-order valence-corrected chi connectivity index (χ1v) is 8.55. The lowest BCUT2D eigenvalue weighted by molar-refractivity contribution is 0.282. The summed E-state index contributed by atoms with van der Waals surface area (Å²) in [5.41, 5.74) is 1.96. The van der Waals surface area contributed by atoms with Gasteiger partial charge in [-0.25, -0.2) is 19.2 Å².